The Morgan fingerprint density at radius 1 is 1.28 bits per heavy atom. The van der Waals surface area contributed by atoms with Crippen molar-refractivity contribution in [1.82, 2.24) is 9.55 Å². The number of likely N-dealkylation sites (N-methyl/N-ethyl adjacent to an activating group) is 1. The molecule has 0 fully saturated rings. The van der Waals surface area contributed by atoms with E-state index in [1.807, 2.05) is 38.1 Å². The van der Waals surface area contributed by atoms with Gasteiger partial charge in [-0.3, -0.25) is 14.3 Å². The number of nitrogens with zero attached hydrogens (tertiary/aromatic N) is 2. The van der Waals surface area contributed by atoms with Gasteiger partial charge in [0.15, 0.2) is 0 Å². The molecule has 0 saturated heterocycles. The van der Waals surface area contributed by atoms with E-state index >= 15 is 0 Å². The molecule has 2 aromatic rings. The first-order chi connectivity index (χ1) is 12.0. The van der Waals surface area contributed by atoms with Gasteiger partial charge in [0.05, 0.1) is 6.54 Å². The molecule has 0 spiro atoms. The van der Waals surface area contributed by atoms with E-state index in [9.17, 15) is 9.59 Å². The molecule has 0 aliphatic rings. The van der Waals surface area contributed by atoms with Gasteiger partial charge in [-0.2, -0.15) is 0 Å². The molecule has 7 heteroatoms. The topological polar surface area (TPSA) is 93.3 Å². The molecule has 3 N–H and O–H groups in total. The SMILES string of the molecule is CCCCn1c(N)c(N(C)CCOc2ccccc2C)c(=O)[nH]c1=O. The van der Waals surface area contributed by atoms with Crippen molar-refractivity contribution in [2.45, 2.75) is 33.2 Å². The van der Waals surface area contributed by atoms with Crippen LogP contribution in [0.4, 0.5) is 11.5 Å². The Bertz CT molecular complexity index is 826. The van der Waals surface area contributed by atoms with Crippen molar-refractivity contribution in [2.75, 3.05) is 30.8 Å². The van der Waals surface area contributed by atoms with Crippen LogP contribution in [-0.4, -0.2) is 29.8 Å². The first-order valence-electron chi connectivity index (χ1n) is 8.47. The van der Waals surface area contributed by atoms with Crippen LogP contribution in [0.25, 0.3) is 0 Å². The van der Waals surface area contributed by atoms with Gasteiger partial charge in [0.2, 0.25) is 0 Å². The molecular formula is C18H26N4O3. The number of aromatic nitrogens is 2. The Hall–Kier alpha value is -2.70. The highest BCUT2D eigenvalue weighted by atomic mass is 16.5. The minimum Gasteiger partial charge on any atom is -0.491 e. The number of aryl methyl sites for hydroxylation is 1. The van der Waals surface area contributed by atoms with Crippen molar-refractivity contribution in [3.05, 3.63) is 50.7 Å². The van der Waals surface area contributed by atoms with Crippen molar-refractivity contribution >= 4 is 11.5 Å². The van der Waals surface area contributed by atoms with Crippen LogP contribution >= 0.6 is 0 Å². The van der Waals surface area contributed by atoms with Crippen molar-refractivity contribution in [3.8, 4) is 5.75 Å². The van der Waals surface area contributed by atoms with E-state index in [1.54, 1.807) is 11.9 Å². The molecule has 1 aromatic carbocycles. The standard InChI is InChI=1S/C18H26N4O3/c1-4-5-10-22-16(19)15(17(23)20-18(22)24)21(3)11-12-25-14-9-7-6-8-13(14)2/h6-9H,4-5,10-12,19H2,1-3H3,(H,20,23,24). The normalized spacial score (nSPS) is 10.7. The summed E-state index contributed by atoms with van der Waals surface area (Å²) < 4.78 is 7.18. The largest absolute Gasteiger partial charge is 0.491 e. The monoisotopic (exact) mass is 346 g/mol. The minimum absolute atomic E-state index is 0.195. The van der Waals surface area contributed by atoms with Gasteiger partial charge in [0, 0.05) is 13.6 Å². The van der Waals surface area contributed by atoms with E-state index in [4.69, 9.17) is 10.5 Å². The number of hydrogen-bond donors (Lipinski definition) is 2. The predicted octanol–water partition coefficient (Wildman–Crippen LogP) is 1.74. The van der Waals surface area contributed by atoms with E-state index in [1.165, 1.54) is 4.57 Å². The first kappa shape index (κ1) is 18.6. The second-order valence-corrected chi connectivity index (χ2v) is 6.03. The molecule has 1 heterocycles. The summed E-state index contributed by atoms with van der Waals surface area (Å²) in [6, 6.07) is 7.75. The number of H-pyrrole nitrogens is 1. The van der Waals surface area contributed by atoms with Crippen LogP contribution < -0.4 is 26.6 Å². The van der Waals surface area contributed by atoms with Crippen LogP contribution in [0.2, 0.25) is 0 Å². The molecule has 0 aliphatic carbocycles. The van der Waals surface area contributed by atoms with Crippen molar-refractivity contribution in [2.24, 2.45) is 0 Å². The maximum Gasteiger partial charge on any atom is 0.330 e. The van der Waals surface area contributed by atoms with Gasteiger partial charge >= 0.3 is 5.69 Å². The molecule has 0 bridgehead atoms. The third kappa shape index (κ3) is 4.43. The zero-order valence-electron chi connectivity index (χ0n) is 15.0. The molecular weight excluding hydrogens is 320 g/mol. The quantitative estimate of drug-likeness (QED) is 0.759. The molecule has 25 heavy (non-hydrogen) atoms. The molecule has 2 rings (SSSR count). The lowest BCUT2D eigenvalue weighted by molar-refractivity contribution is 0.323. The lowest BCUT2D eigenvalue weighted by atomic mass is 10.2. The molecule has 7 nitrogen and oxygen atoms in total. The van der Waals surface area contributed by atoms with Crippen LogP contribution in [0.1, 0.15) is 25.3 Å². The average Bonchev–Trinajstić information content (AvgIpc) is 2.56. The van der Waals surface area contributed by atoms with E-state index in [0.717, 1.165) is 24.2 Å². The highest BCUT2D eigenvalue weighted by Crippen LogP contribution is 2.18. The Morgan fingerprint density at radius 2 is 2.00 bits per heavy atom. The fourth-order valence-corrected chi connectivity index (χ4v) is 2.61. The Morgan fingerprint density at radius 3 is 2.68 bits per heavy atom. The van der Waals surface area contributed by atoms with Gasteiger partial charge in [0.25, 0.3) is 5.56 Å². The number of para-hydroxylation sites is 1. The number of unbranched alkanes of at least 4 members (excludes halogenated alkanes) is 1. The summed E-state index contributed by atoms with van der Waals surface area (Å²) in [6.07, 6.45) is 1.75. The van der Waals surface area contributed by atoms with Gasteiger partial charge in [-0.15, -0.1) is 0 Å². The number of nitrogens with one attached hydrogen (secondary N) is 1. The second kappa shape index (κ2) is 8.41. The third-order valence-corrected chi connectivity index (χ3v) is 4.11. The van der Waals surface area contributed by atoms with Gasteiger partial charge in [0.1, 0.15) is 23.9 Å². The van der Waals surface area contributed by atoms with Crippen LogP contribution in [0.3, 0.4) is 0 Å². The van der Waals surface area contributed by atoms with Crippen LogP contribution in [0.15, 0.2) is 33.9 Å². The number of hydrogen-bond acceptors (Lipinski definition) is 5. The summed E-state index contributed by atoms with van der Waals surface area (Å²) in [5.74, 6) is 1.01. The fraction of sp³-hybridized carbons (Fsp3) is 0.444. The molecule has 0 atom stereocenters. The summed E-state index contributed by atoms with van der Waals surface area (Å²) in [6.45, 7) is 5.36. The summed E-state index contributed by atoms with van der Waals surface area (Å²) in [7, 11) is 1.76. The maximum atomic E-state index is 12.2. The van der Waals surface area contributed by atoms with Gasteiger partial charge in [-0.05, 0) is 25.0 Å². The summed E-state index contributed by atoms with van der Waals surface area (Å²) in [4.78, 5) is 28.2. The molecule has 0 unspecified atom stereocenters. The molecule has 0 amide bonds. The third-order valence-electron chi connectivity index (χ3n) is 4.11. The zero-order chi connectivity index (χ0) is 18.4. The number of nitrogens with two attached hydrogens (primary N) is 1. The number of rotatable bonds is 8. The van der Waals surface area contributed by atoms with E-state index in [2.05, 4.69) is 4.98 Å². The number of anilines is 2. The summed E-state index contributed by atoms with van der Waals surface area (Å²) in [5, 5.41) is 0. The highest BCUT2D eigenvalue weighted by molar-refractivity contribution is 5.61. The highest BCUT2D eigenvalue weighted by Gasteiger charge is 2.16. The molecule has 0 radical (unpaired) electrons. The average molecular weight is 346 g/mol. The van der Waals surface area contributed by atoms with Crippen molar-refractivity contribution in [3.63, 3.8) is 0 Å². The number of nitrogen functional groups attached to an aromatic ring is 1. The summed E-state index contributed by atoms with van der Waals surface area (Å²) >= 11 is 0. The molecule has 136 valence electrons. The summed E-state index contributed by atoms with van der Waals surface area (Å²) in [5.41, 5.74) is 6.49. The number of ether oxygens (including phenoxy) is 1. The van der Waals surface area contributed by atoms with Gasteiger partial charge < -0.3 is 15.4 Å². The van der Waals surface area contributed by atoms with Crippen LogP contribution in [0, 0.1) is 6.92 Å². The second-order valence-electron chi connectivity index (χ2n) is 6.03. The Balaban J connectivity index is 2.13. The van der Waals surface area contributed by atoms with E-state index < -0.39 is 11.2 Å². The smallest absolute Gasteiger partial charge is 0.330 e. The first-order valence-corrected chi connectivity index (χ1v) is 8.47. The fourth-order valence-electron chi connectivity index (χ4n) is 2.61. The lowest BCUT2D eigenvalue weighted by Crippen LogP contribution is -2.38. The zero-order valence-corrected chi connectivity index (χ0v) is 15.0. The van der Waals surface area contributed by atoms with Gasteiger partial charge in [-0.1, -0.05) is 31.5 Å². The molecule has 0 saturated carbocycles. The van der Waals surface area contributed by atoms with E-state index in [0.29, 0.717) is 25.4 Å². The molecule has 1 aromatic heterocycles. The van der Waals surface area contributed by atoms with Crippen LogP contribution in [-0.2, 0) is 6.54 Å². The van der Waals surface area contributed by atoms with Crippen molar-refractivity contribution in [1.29, 1.82) is 0 Å². The van der Waals surface area contributed by atoms with E-state index in [-0.39, 0.29) is 5.82 Å². The van der Waals surface area contributed by atoms with Crippen molar-refractivity contribution < 1.29 is 4.74 Å². The number of aromatic amines is 1. The predicted molar refractivity (Wildman–Crippen MR) is 101 cm³/mol. The Labute approximate surface area is 147 Å². The van der Waals surface area contributed by atoms with Crippen LogP contribution in [0.5, 0.6) is 5.75 Å². The number of benzene rings is 1. The minimum atomic E-state index is -0.478. The Kier molecular flexibility index (Phi) is 6.27. The lowest BCUT2D eigenvalue weighted by Gasteiger charge is -2.22. The molecule has 0 aliphatic heterocycles. The maximum absolute atomic E-state index is 12.2. The van der Waals surface area contributed by atoms with Gasteiger partial charge in [-0.25, -0.2) is 4.79 Å².